The number of nitrogens with one attached hydrogen (secondary N) is 1. The van der Waals surface area contributed by atoms with Crippen LogP contribution in [0.4, 0.5) is 0 Å². The molecule has 0 radical (unpaired) electrons. The summed E-state index contributed by atoms with van der Waals surface area (Å²) in [5, 5.41) is 3.00. The molecular weight excluding hydrogens is 166 g/mol. The molecule has 1 fully saturated rings. The van der Waals surface area contributed by atoms with Crippen LogP contribution in [0.15, 0.2) is 30.3 Å². The lowest BCUT2D eigenvalue weighted by Gasteiger charge is -1.95. The topological polar surface area (TPSA) is 48.2 Å². The summed E-state index contributed by atoms with van der Waals surface area (Å²) in [6.45, 7) is 3.32. The highest BCUT2D eigenvalue weighted by atomic mass is 16.5. The third-order valence-corrected chi connectivity index (χ3v) is 1.41. The minimum atomic E-state index is 0.365. The van der Waals surface area contributed by atoms with Crippen molar-refractivity contribution in [1.29, 1.82) is 0 Å². The maximum Gasteiger partial charge on any atom is 0.293 e. The summed E-state index contributed by atoms with van der Waals surface area (Å²) in [5.41, 5.74) is 1.01. The number of benzene rings is 1. The van der Waals surface area contributed by atoms with Gasteiger partial charge in [-0.25, -0.2) is 0 Å². The Labute approximate surface area is 77.7 Å². The van der Waals surface area contributed by atoms with E-state index in [9.17, 15) is 4.79 Å². The second-order valence-electron chi connectivity index (χ2n) is 2.64. The van der Waals surface area contributed by atoms with E-state index >= 15 is 0 Å². The third-order valence-electron chi connectivity index (χ3n) is 1.41. The van der Waals surface area contributed by atoms with Gasteiger partial charge in [-0.3, -0.25) is 4.79 Å². The van der Waals surface area contributed by atoms with E-state index in [0.717, 1.165) is 5.56 Å². The zero-order valence-electron chi connectivity index (χ0n) is 7.40. The van der Waals surface area contributed by atoms with Crippen LogP contribution in [0.1, 0.15) is 5.56 Å². The van der Waals surface area contributed by atoms with Crippen LogP contribution >= 0.6 is 0 Å². The highest BCUT2D eigenvalue weighted by Crippen LogP contribution is 1.98. The van der Waals surface area contributed by atoms with E-state index in [1.807, 2.05) is 30.3 Å². The molecule has 1 aromatic rings. The van der Waals surface area contributed by atoms with Gasteiger partial charge in [-0.15, -0.1) is 0 Å². The van der Waals surface area contributed by atoms with Gasteiger partial charge in [0.05, 0.1) is 0 Å². The molecule has 1 N–H and O–H groups in total. The van der Waals surface area contributed by atoms with Crippen LogP contribution in [0.25, 0.3) is 0 Å². The Bertz CT molecular complexity index is 231. The van der Waals surface area contributed by atoms with Crippen molar-refractivity contribution in [2.45, 2.75) is 6.61 Å². The number of carbonyl (C=O) groups is 1. The Morgan fingerprint density at radius 3 is 2.38 bits per heavy atom. The monoisotopic (exact) mass is 179 g/mol. The van der Waals surface area contributed by atoms with E-state index in [2.05, 4.69) is 10.1 Å². The normalized spacial score (nSPS) is 12.3. The molecule has 3 nitrogen and oxygen atoms in total. The molecule has 0 amide bonds. The smallest absolute Gasteiger partial charge is 0.293 e. The average Bonchev–Trinajstić information content (AvgIpc) is 3.03. The fourth-order valence-electron chi connectivity index (χ4n) is 0.704. The molecule has 0 unspecified atom stereocenters. The van der Waals surface area contributed by atoms with Crippen molar-refractivity contribution < 1.29 is 9.53 Å². The lowest BCUT2D eigenvalue weighted by molar-refractivity contribution is -0.129. The van der Waals surface area contributed by atoms with E-state index in [1.165, 1.54) is 13.1 Å². The SMILES string of the molecule is C1CN1.O=COCc1ccccc1. The van der Waals surface area contributed by atoms with Crippen molar-refractivity contribution in [1.82, 2.24) is 5.32 Å². The van der Waals surface area contributed by atoms with Gasteiger partial charge in [-0.1, -0.05) is 30.3 Å². The number of hydrogen-bond acceptors (Lipinski definition) is 3. The molecule has 1 aliphatic rings. The number of hydrogen-bond donors (Lipinski definition) is 1. The van der Waals surface area contributed by atoms with Crippen LogP contribution in [0, 0.1) is 0 Å². The van der Waals surface area contributed by atoms with Crippen molar-refractivity contribution in [3.63, 3.8) is 0 Å². The Balaban J connectivity index is 0.000000236. The summed E-state index contributed by atoms with van der Waals surface area (Å²) in [5.74, 6) is 0. The first-order valence-corrected chi connectivity index (χ1v) is 4.23. The largest absolute Gasteiger partial charge is 0.463 e. The Kier molecular flexibility index (Phi) is 4.64. The van der Waals surface area contributed by atoms with Gasteiger partial charge in [0.1, 0.15) is 6.61 Å². The molecule has 13 heavy (non-hydrogen) atoms. The third kappa shape index (κ3) is 5.87. The van der Waals surface area contributed by atoms with Crippen LogP contribution < -0.4 is 5.32 Å². The molecule has 1 aromatic carbocycles. The first-order chi connectivity index (χ1) is 6.43. The maximum absolute atomic E-state index is 9.76. The number of carbonyl (C=O) groups excluding carboxylic acids is 1. The van der Waals surface area contributed by atoms with Gasteiger partial charge in [0.25, 0.3) is 6.47 Å². The Morgan fingerprint density at radius 1 is 1.31 bits per heavy atom. The molecule has 2 rings (SSSR count). The summed E-state index contributed by atoms with van der Waals surface area (Å²) in [6.07, 6.45) is 0. The fraction of sp³-hybridized carbons (Fsp3) is 0.300. The molecule has 1 saturated heterocycles. The van der Waals surface area contributed by atoms with Gasteiger partial charge in [-0.05, 0) is 5.56 Å². The molecular formula is C10H13NO2. The van der Waals surface area contributed by atoms with Gasteiger partial charge in [0, 0.05) is 13.1 Å². The number of rotatable bonds is 3. The standard InChI is InChI=1S/C8H8O2.C2H5N/c9-7-10-6-8-4-2-1-3-5-8;1-2-3-1/h1-5,7H,6H2;3H,1-2H2. The first kappa shape index (κ1) is 9.74. The van der Waals surface area contributed by atoms with Crippen molar-refractivity contribution in [2.75, 3.05) is 13.1 Å². The van der Waals surface area contributed by atoms with E-state index in [4.69, 9.17) is 0 Å². The van der Waals surface area contributed by atoms with E-state index in [-0.39, 0.29) is 0 Å². The first-order valence-electron chi connectivity index (χ1n) is 4.23. The maximum atomic E-state index is 9.76. The fourth-order valence-corrected chi connectivity index (χ4v) is 0.704. The summed E-state index contributed by atoms with van der Waals surface area (Å²) in [7, 11) is 0. The molecule has 1 aliphatic heterocycles. The molecule has 0 aromatic heterocycles. The molecule has 0 saturated carbocycles. The summed E-state index contributed by atoms with van der Waals surface area (Å²) < 4.78 is 4.54. The van der Waals surface area contributed by atoms with Gasteiger partial charge in [-0.2, -0.15) is 0 Å². The summed E-state index contributed by atoms with van der Waals surface area (Å²) in [4.78, 5) is 9.76. The molecule has 70 valence electrons. The highest BCUT2D eigenvalue weighted by molar-refractivity contribution is 5.37. The molecule has 0 bridgehead atoms. The second kappa shape index (κ2) is 6.20. The molecule has 0 atom stereocenters. The Morgan fingerprint density at radius 2 is 1.92 bits per heavy atom. The molecule has 0 spiro atoms. The van der Waals surface area contributed by atoms with Gasteiger partial charge in [0.15, 0.2) is 0 Å². The molecule has 0 aliphatic carbocycles. The highest BCUT2D eigenvalue weighted by Gasteiger charge is 1.91. The lowest BCUT2D eigenvalue weighted by Crippen LogP contribution is -1.88. The zero-order chi connectivity index (χ0) is 9.36. The minimum absolute atomic E-state index is 0.365. The van der Waals surface area contributed by atoms with Crippen molar-refractivity contribution >= 4 is 6.47 Å². The van der Waals surface area contributed by atoms with E-state index in [0.29, 0.717) is 13.1 Å². The predicted octanol–water partition coefficient (Wildman–Crippen LogP) is 0.949. The molecule has 1 heterocycles. The average molecular weight is 179 g/mol. The van der Waals surface area contributed by atoms with Gasteiger partial charge >= 0.3 is 0 Å². The summed E-state index contributed by atoms with van der Waals surface area (Å²) in [6, 6.07) is 9.55. The number of ether oxygens (including phenoxy) is 1. The second-order valence-corrected chi connectivity index (χ2v) is 2.64. The van der Waals surface area contributed by atoms with Crippen molar-refractivity contribution in [3.05, 3.63) is 35.9 Å². The van der Waals surface area contributed by atoms with Crippen LogP contribution in [0.3, 0.4) is 0 Å². The van der Waals surface area contributed by atoms with Gasteiger partial charge < -0.3 is 10.1 Å². The molecule has 3 heteroatoms. The van der Waals surface area contributed by atoms with E-state index in [1.54, 1.807) is 0 Å². The predicted molar refractivity (Wildman–Crippen MR) is 50.2 cm³/mol. The van der Waals surface area contributed by atoms with Gasteiger partial charge in [0.2, 0.25) is 0 Å². The summed E-state index contributed by atoms with van der Waals surface area (Å²) >= 11 is 0. The minimum Gasteiger partial charge on any atom is -0.463 e. The lowest BCUT2D eigenvalue weighted by atomic mass is 10.2. The van der Waals surface area contributed by atoms with Crippen molar-refractivity contribution in [2.24, 2.45) is 0 Å². The van der Waals surface area contributed by atoms with Crippen LogP contribution in [0.2, 0.25) is 0 Å². The quantitative estimate of drug-likeness (QED) is 0.555. The van der Waals surface area contributed by atoms with Crippen LogP contribution in [-0.4, -0.2) is 19.6 Å². The Hall–Kier alpha value is -1.35. The zero-order valence-corrected chi connectivity index (χ0v) is 7.40. The van der Waals surface area contributed by atoms with E-state index < -0.39 is 0 Å². The van der Waals surface area contributed by atoms with Crippen LogP contribution in [-0.2, 0) is 16.1 Å². The van der Waals surface area contributed by atoms with Crippen LogP contribution in [0.5, 0.6) is 0 Å². The van der Waals surface area contributed by atoms with Crippen molar-refractivity contribution in [3.8, 4) is 0 Å².